The van der Waals surface area contributed by atoms with E-state index in [4.69, 9.17) is 0 Å². The SMILES string of the molecule is c1cc2c3c(c1)ncn3CC(N1CCCC1)C2. The van der Waals surface area contributed by atoms with Gasteiger partial charge in [-0.15, -0.1) is 0 Å². The van der Waals surface area contributed by atoms with Crippen LogP contribution < -0.4 is 0 Å². The molecule has 3 heteroatoms. The van der Waals surface area contributed by atoms with Gasteiger partial charge in [0.1, 0.15) is 0 Å². The highest BCUT2D eigenvalue weighted by Gasteiger charge is 2.27. The Labute approximate surface area is 101 Å². The van der Waals surface area contributed by atoms with Crippen LogP contribution in [0.25, 0.3) is 11.0 Å². The van der Waals surface area contributed by atoms with Crippen LogP contribution >= 0.6 is 0 Å². The lowest BCUT2D eigenvalue weighted by atomic mass is 9.99. The number of nitrogens with zero attached hydrogens (tertiary/aromatic N) is 3. The minimum Gasteiger partial charge on any atom is -0.329 e. The Balaban J connectivity index is 1.75. The fraction of sp³-hybridized carbons (Fsp3) is 0.500. The molecule has 4 rings (SSSR count). The van der Waals surface area contributed by atoms with Gasteiger partial charge < -0.3 is 4.57 Å². The number of hydrogen-bond donors (Lipinski definition) is 0. The molecule has 0 aliphatic carbocycles. The monoisotopic (exact) mass is 227 g/mol. The molecule has 0 amide bonds. The topological polar surface area (TPSA) is 21.1 Å². The largest absolute Gasteiger partial charge is 0.329 e. The Kier molecular flexibility index (Phi) is 2.03. The molecule has 88 valence electrons. The third-order valence-corrected chi connectivity index (χ3v) is 4.24. The van der Waals surface area contributed by atoms with Crippen molar-refractivity contribution in [3.8, 4) is 0 Å². The van der Waals surface area contributed by atoms with Gasteiger partial charge in [0.2, 0.25) is 0 Å². The van der Waals surface area contributed by atoms with Crippen LogP contribution in [0.2, 0.25) is 0 Å². The molecule has 1 unspecified atom stereocenters. The fourth-order valence-corrected chi connectivity index (χ4v) is 3.40. The van der Waals surface area contributed by atoms with E-state index in [0.29, 0.717) is 6.04 Å². The maximum absolute atomic E-state index is 4.50. The van der Waals surface area contributed by atoms with E-state index >= 15 is 0 Å². The molecule has 0 saturated carbocycles. The van der Waals surface area contributed by atoms with Crippen LogP contribution in [0.15, 0.2) is 24.5 Å². The molecular formula is C14H17N3. The second-order valence-corrected chi connectivity index (χ2v) is 5.28. The Morgan fingerprint density at radius 2 is 2.06 bits per heavy atom. The fourth-order valence-electron chi connectivity index (χ4n) is 3.40. The van der Waals surface area contributed by atoms with E-state index in [2.05, 4.69) is 32.7 Å². The molecular weight excluding hydrogens is 210 g/mol. The lowest BCUT2D eigenvalue weighted by Crippen LogP contribution is -2.39. The van der Waals surface area contributed by atoms with E-state index in [0.717, 1.165) is 12.1 Å². The molecule has 1 aromatic heterocycles. The number of aromatic nitrogens is 2. The molecule has 3 nitrogen and oxygen atoms in total. The normalized spacial score (nSPS) is 24.6. The van der Waals surface area contributed by atoms with Gasteiger partial charge in [0.15, 0.2) is 0 Å². The molecule has 2 aliphatic rings. The third kappa shape index (κ3) is 1.42. The van der Waals surface area contributed by atoms with Crippen LogP contribution in [0.3, 0.4) is 0 Å². The Bertz CT molecular complexity index is 552. The number of hydrogen-bond acceptors (Lipinski definition) is 2. The van der Waals surface area contributed by atoms with Crippen LogP contribution in [0, 0.1) is 0 Å². The summed E-state index contributed by atoms with van der Waals surface area (Å²) in [4.78, 5) is 7.15. The molecule has 0 N–H and O–H groups in total. The predicted molar refractivity (Wildman–Crippen MR) is 68.0 cm³/mol. The minimum atomic E-state index is 0.685. The average molecular weight is 227 g/mol. The molecule has 0 spiro atoms. The van der Waals surface area contributed by atoms with Crippen LogP contribution in [0.1, 0.15) is 18.4 Å². The van der Waals surface area contributed by atoms with Crippen molar-refractivity contribution >= 4 is 11.0 Å². The van der Waals surface area contributed by atoms with Crippen LogP contribution in [0.5, 0.6) is 0 Å². The summed E-state index contributed by atoms with van der Waals surface area (Å²) in [5.41, 5.74) is 3.99. The zero-order valence-electron chi connectivity index (χ0n) is 9.97. The summed E-state index contributed by atoms with van der Waals surface area (Å²) in [5, 5.41) is 0. The minimum absolute atomic E-state index is 0.685. The van der Waals surface area contributed by atoms with E-state index in [1.807, 2.05) is 6.33 Å². The number of likely N-dealkylation sites (tertiary alicyclic amines) is 1. The third-order valence-electron chi connectivity index (χ3n) is 4.24. The molecule has 3 heterocycles. The zero-order valence-corrected chi connectivity index (χ0v) is 9.97. The van der Waals surface area contributed by atoms with Crippen molar-refractivity contribution in [2.24, 2.45) is 0 Å². The maximum Gasteiger partial charge on any atom is 0.0958 e. The summed E-state index contributed by atoms with van der Waals surface area (Å²) in [6.07, 6.45) is 5.95. The summed E-state index contributed by atoms with van der Waals surface area (Å²) in [6.45, 7) is 3.68. The summed E-state index contributed by atoms with van der Waals surface area (Å²) >= 11 is 0. The summed E-state index contributed by atoms with van der Waals surface area (Å²) in [6, 6.07) is 7.21. The van der Waals surface area contributed by atoms with E-state index < -0.39 is 0 Å². The van der Waals surface area contributed by atoms with E-state index in [-0.39, 0.29) is 0 Å². The molecule has 0 bridgehead atoms. The van der Waals surface area contributed by atoms with Crippen molar-refractivity contribution in [1.82, 2.24) is 14.5 Å². The number of imidazole rings is 1. The van der Waals surface area contributed by atoms with Crippen molar-refractivity contribution in [3.63, 3.8) is 0 Å². The highest BCUT2D eigenvalue weighted by atomic mass is 15.2. The maximum atomic E-state index is 4.50. The first-order chi connectivity index (χ1) is 8.42. The summed E-state index contributed by atoms with van der Waals surface area (Å²) in [7, 11) is 0. The lowest BCUT2D eigenvalue weighted by molar-refractivity contribution is 0.214. The summed E-state index contributed by atoms with van der Waals surface area (Å²) < 4.78 is 2.34. The summed E-state index contributed by atoms with van der Waals surface area (Å²) in [5.74, 6) is 0. The van der Waals surface area contributed by atoms with Gasteiger partial charge in [-0.05, 0) is 44.0 Å². The predicted octanol–water partition coefficient (Wildman–Crippen LogP) is 2.06. The molecule has 1 saturated heterocycles. The first-order valence-corrected chi connectivity index (χ1v) is 6.58. The molecule has 0 radical (unpaired) electrons. The smallest absolute Gasteiger partial charge is 0.0958 e. The van der Waals surface area contributed by atoms with Gasteiger partial charge in [-0.25, -0.2) is 4.98 Å². The molecule has 1 atom stereocenters. The highest BCUT2D eigenvalue weighted by molar-refractivity contribution is 5.79. The van der Waals surface area contributed by atoms with Gasteiger partial charge in [0, 0.05) is 12.6 Å². The first-order valence-electron chi connectivity index (χ1n) is 6.58. The number of para-hydroxylation sites is 1. The van der Waals surface area contributed by atoms with Crippen LogP contribution in [-0.2, 0) is 13.0 Å². The molecule has 1 fully saturated rings. The van der Waals surface area contributed by atoms with Gasteiger partial charge in [0.05, 0.1) is 17.4 Å². The zero-order chi connectivity index (χ0) is 11.2. The molecule has 2 aromatic rings. The first kappa shape index (κ1) is 9.66. The second-order valence-electron chi connectivity index (χ2n) is 5.28. The number of rotatable bonds is 1. The van der Waals surface area contributed by atoms with Gasteiger partial charge in [-0.1, -0.05) is 12.1 Å². The van der Waals surface area contributed by atoms with E-state index in [1.165, 1.54) is 43.4 Å². The van der Waals surface area contributed by atoms with Crippen LogP contribution in [0.4, 0.5) is 0 Å². The standard InChI is InChI=1S/C14H17N3/c1-2-7-16(6-1)12-8-11-4-3-5-13-14(11)17(9-12)10-15-13/h3-5,10,12H,1-2,6-9H2. The highest BCUT2D eigenvalue weighted by Crippen LogP contribution is 2.27. The quantitative estimate of drug-likeness (QED) is 0.743. The number of benzene rings is 1. The van der Waals surface area contributed by atoms with Crippen LogP contribution in [-0.4, -0.2) is 33.6 Å². The Morgan fingerprint density at radius 3 is 2.94 bits per heavy atom. The Hall–Kier alpha value is -1.35. The van der Waals surface area contributed by atoms with Crippen molar-refractivity contribution < 1.29 is 0 Å². The average Bonchev–Trinajstić information content (AvgIpc) is 2.99. The van der Waals surface area contributed by atoms with Crippen molar-refractivity contribution in [2.45, 2.75) is 31.8 Å². The van der Waals surface area contributed by atoms with Crippen molar-refractivity contribution in [2.75, 3.05) is 13.1 Å². The molecule has 2 aliphatic heterocycles. The lowest BCUT2D eigenvalue weighted by Gasteiger charge is -2.31. The van der Waals surface area contributed by atoms with Crippen molar-refractivity contribution in [1.29, 1.82) is 0 Å². The van der Waals surface area contributed by atoms with E-state index in [9.17, 15) is 0 Å². The van der Waals surface area contributed by atoms with E-state index in [1.54, 1.807) is 0 Å². The van der Waals surface area contributed by atoms with Gasteiger partial charge >= 0.3 is 0 Å². The Morgan fingerprint density at radius 1 is 1.18 bits per heavy atom. The van der Waals surface area contributed by atoms with Crippen molar-refractivity contribution in [3.05, 3.63) is 30.1 Å². The van der Waals surface area contributed by atoms with Gasteiger partial charge in [-0.3, -0.25) is 4.90 Å². The molecule has 17 heavy (non-hydrogen) atoms. The second kappa shape index (κ2) is 3.57. The van der Waals surface area contributed by atoms with Gasteiger partial charge in [0.25, 0.3) is 0 Å². The van der Waals surface area contributed by atoms with Gasteiger partial charge in [-0.2, -0.15) is 0 Å². The molecule has 1 aromatic carbocycles.